The van der Waals surface area contributed by atoms with E-state index in [0.717, 1.165) is 5.69 Å². The first-order chi connectivity index (χ1) is 15.2. The molecule has 0 unspecified atom stereocenters. The van der Waals surface area contributed by atoms with Gasteiger partial charge in [-0.2, -0.15) is 0 Å². The maximum atomic E-state index is 12.8. The maximum absolute atomic E-state index is 12.8. The van der Waals surface area contributed by atoms with Crippen LogP contribution in [0.2, 0.25) is 0 Å². The summed E-state index contributed by atoms with van der Waals surface area (Å²) in [6.07, 6.45) is 3.37. The largest absolute Gasteiger partial charge is 0.486 e. The van der Waals surface area contributed by atoms with Crippen LogP contribution in [-0.2, 0) is 4.79 Å². The highest BCUT2D eigenvalue weighted by Gasteiger charge is 2.15. The highest BCUT2D eigenvalue weighted by atomic mass is 32.2. The molecule has 5 rings (SSSR count). The normalized spacial score (nSPS) is 12.6. The van der Waals surface area contributed by atoms with Crippen LogP contribution in [0.5, 0.6) is 11.5 Å². The van der Waals surface area contributed by atoms with Crippen LogP contribution in [0.4, 0.5) is 5.69 Å². The topological polar surface area (TPSA) is 99.8 Å². The zero-order valence-corrected chi connectivity index (χ0v) is 17.0. The van der Waals surface area contributed by atoms with Gasteiger partial charge in [-0.05, 0) is 24.3 Å². The number of carbonyl (C=O) groups is 1. The van der Waals surface area contributed by atoms with E-state index in [1.807, 2.05) is 30.3 Å². The third-order valence-corrected chi connectivity index (χ3v) is 5.58. The molecule has 10 heteroatoms. The van der Waals surface area contributed by atoms with E-state index in [2.05, 4.69) is 15.5 Å². The number of para-hydroxylation sites is 1. The van der Waals surface area contributed by atoms with Gasteiger partial charge >= 0.3 is 5.56 Å². The fraction of sp³-hybridized carbons (Fsp3) is 0.143. The van der Waals surface area contributed by atoms with E-state index in [4.69, 9.17) is 9.47 Å². The minimum atomic E-state index is -0.284. The summed E-state index contributed by atoms with van der Waals surface area (Å²) in [7, 11) is 0. The minimum Gasteiger partial charge on any atom is -0.486 e. The molecular weight excluding hydrogens is 418 g/mol. The zero-order chi connectivity index (χ0) is 21.2. The van der Waals surface area contributed by atoms with Crippen molar-refractivity contribution in [2.24, 2.45) is 0 Å². The van der Waals surface area contributed by atoms with Crippen LogP contribution >= 0.6 is 11.8 Å². The van der Waals surface area contributed by atoms with Gasteiger partial charge in [0.25, 0.3) is 0 Å². The van der Waals surface area contributed by atoms with Gasteiger partial charge in [-0.1, -0.05) is 30.0 Å². The molecule has 0 fully saturated rings. The molecule has 0 saturated carbocycles. The fourth-order valence-electron chi connectivity index (χ4n) is 3.20. The molecule has 2 aromatic heterocycles. The van der Waals surface area contributed by atoms with Gasteiger partial charge in [-0.15, -0.1) is 10.2 Å². The van der Waals surface area contributed by atoms with Crippen LogP contribution in [-0.4, -0.2) is 44.0 Å². The molecule has 0 bridgehead atoms. The van der Waals surface area contributed by atoms with Gasteiger partial charge in [0.05, 0.1) is 5.75 Å². The molecule has 9 nitrogen and oxygen atoms in total. The van der Waals surface area contributed by atoms with Crippen molar-refractivity contribution in [1.82, 2.24) is 19.2 Å². The Morgan fingerprint density at radius 1 is 1.03 bits per heavy atom. The van der Waals surface area contributed by atoms with E-state index in [1.54, 1.807) is 35.0 Å². The molecule has 1 aliphatic heterocycles. The van der Waals surface area contributed by atoms with Crippen molar-refractivity contribution in [3.8, 4) is 17.2 Å². The first kappa shape index (κ1) is 19.2. The van der Waals surface area contributed by atoms with Crippen molar-refractivity contribution in [2.75, 3.05) is 24.3 Å². The van der Waals surface area contributed by atoms with Crippen LogP contribution in [0, 0.1) is 0 Å². The predicted molar refractivity (Wildman–Crippen MR) is 115 cm³/mol. The standard InChI is InChI=1S/C21H17N5O4S/c27-18(22-14-6-7-16-17(12-14)30-11-10-29-16)13-31-21-24-23-19-20(28)25(8-9-26(19)21)15-4-2-1-3-5-15/h1-9,12H,10-11,13H2,(H,22,27). The Hall–Kier alpha value is -3.79. The zero-order valence-electron chi connectivity index (χ0n) is 16.2. The van der Waals surface area contributed by atoms with E-state index in [9.17, 15) is 9.59 Å². The highest BCUT2D eigenvalue weighted by Crippen LogP contribution is 2.32. The number of benzene rings is 2. The Balaban J connectivity index is 1.29. The van der Waals surface area contributed by atoms with Crippen molar-refractivity contribution in [2.45, 2.75) is 5.16 Å². The third kappa shape index (κ3) is 3.84. The molecule has 0 saturated heterocycles. The van der Waals surface area contributed by atoms with Gasteiger partial charge in [-0.3, -0.25) is 18.6 Å². The Labute approximate surface area is 180 Å². The number of nitrogens with one attached hydrogen (secondary N) is 1. The van der Waals surface area contributed by atoms with E-state index < -0.39 is 0 Å². The van der Waals surface area contributed by atoms with Gasteiger partial charge < -0.3 is 14.8 Å². The second kappa shape index (κ2) is 8.15. The number of aromatic nitrogens is 4. The first-order valence-corrected chi connectivity index (χ1v) is 10.5. The first-order valence-electron chi connectivity index (χ1n) is 9.53. The van der Waals surface area contributed by atoms with Crippen molar-refractivity contribution in [1.29, 1.82) is 0 Å². The van der Waals surface area contributed by atoms with Crippen LogP contribution in [0.15, 0.2) is 70.9 Å². The molecule has 1 aliphatic rings. The molecule has 3 heterocycles. The number of carbonyl (C=O) groups excluding carboxylic acids is 1. The van der Waals surface area contributed by atoms with Gasteiger partial charge in [0, 0.05) is 29.8 Å². The smallest absolute Gasteiger partial charge is 0.300 e. The summed E-state index contributed by atoms with van der Waals surface area (Å²) in [4.78, 5) is 25.2. The second-order valence-electron chi connectivity index (χ2n) is 6.68. The molecular formula is C21H17N5O4S. The van der Waals surface area contributed by atoms with Crippen molar-refractivity contribution >= 4 is 29.0 Å². The maximum Gasteiger partial charge on any atom is 0.300 e. The van der Waals surface area contributed by atoms with Crippen LogP contribution < -0.4 is 20.3 Å². The van der Waals surface area contributed by atoms with Gasteiger partial charge in [0.2, 0.25) is 11.6 Å². The second-order valence-corrected chi connectivity index (χ2v) is 7.62. The van der Waals surface area contributed by atoms with E-state index in [-0.39, 0.29) is 22.9 Å². The molecule has 4 aromatic rings. The number of rotatable bonds is 5. The number of nitrogens with zero attached hydrogens (tertiary/aromatic N) is 4. The Bertz CT molecular complexity index is 1320. The monoisotopic (exact) mass is 435 g/mol. The Kier molecular flexibility index (Phi) is 5.04. The summed E-state index contributed by atoms with van der Waals surface area (Å²) in [5, 5.41) is 11.4. The van der Waals surface area contributed by atoms with Crippen molar-refractivity contribution in [3.63, 3.8) is 0 Å². The average Bonchev–Trinajstić information content (AvgIpc) is 3.22. The minimum absolute atomic E-state index is 0.108. The van der Waals surface area contributed by atoms with Gasteiger partial charge in [0.1, 0.15) is 13.2 Å². The molecule has 0 atom stereocenters. The number of hydrogen-bond donors (Lipinski definition) is 1. The number of ether oxygens (including phenoxy) is 2. The van der Waals surface area contributed by atoms with Gasteiger partial charge in [-0.25, -0.2) is 0 Å². The van der Waals surface area contributed by atoms with E-state index in [0.29, 0.717) is 35.6 Å². The number of fused-ring (bicyclic) bond motifs is 2. The third-order valence-electron chi connectivity index (χ3n) is 4.63. The quantitative estimate of drug-likeness (QED) is 0.481. The molecule has 0 spiro atoms. The van der Waals surface area contributed by atoms with Crippen molar-refractivity contribution in [3.05, 3.63) is 71.3 Å². The summed E-state index contributed by atoms with van der Waals surface area (Å²) in [6.45, 7) is 0.990. The predicted octanol–water partition coefficient (Wildman–Crippen LogP) is 2.38. The average molecular weight is 435 g/mol. The lowest BCUT2D eigenvalue weighted by atomic mass is 10.2. The highest BCUT2D eigenvalue weighted by molar-refractivity contribution is 7.99. The van der Waals surface area contributed by atoms with E-state index >= 15 is 0 Å². The van der Waals surface area contributed by atoms with Crippen LogP contribution in [0.1, 0.15) is 0 Å². The molecule has 0 aliphatic carbocycles. The lowest BCUT2D eigenvalue weighted by Crippen LogP contribution is -2.20. The lowest BCUT2D eigenvalue weighted by Gasteiger charge is -2.18. The Morgan fingerprint density at radius 2 is 1.84 bits per heavy atom. The molecule has 1 N–H and O–H groups in total. The molecule has 156 valence electrons. The van der Waals surface area contributed by atoms with E-state index in [1.165, 1.54) is 16.3 Å². The molecule has 2 aromatic carbocycles. The summed E-state index contributed by atoms with van der Waals surface area (Å²) in [5.41, 5.74) is 1.27. The van der Waals surface area contributed by atoms with Crippen LogP contribution in [0.3, 0.4) is 0 Å². The summed E-state index contributed by atoms with van der Waals surface area (Å²) in [6, 6.07) is 14.5. The summed E-state index contributed by atoms with van der Waals surface area (Å²) in [5.74, 6) is 1.16. The summed E-state index contributed by atoms with van der Waals surface area (Å²) < 4.78 is 14.1. The molecule has 1 amide bonds. The number of anilines is 1. The molecule has 0 radical (unpaired) electrons. The number of hydrogen-bond acceptors (Lipinski definition) is 7. The SMILES string of the molecule is O=C(CSc1nnc2c(=O)n(-c3ccccc3)ccn12)Nc1ccc2c(c1)OCCO2. The van der Waals surface area contributed by atoms with Crippen molar-refractivity contribution < 1.29 is 14.3 Å². The fourth-order valence-corrected chi connectivity index (χ4v) is 3.92. The van der Waals surface area contributed by atoms with Gasteiger partial charge in [0.15, 0.2) is 16.7 Å². The molecule has 31 heavy (non-hydrogen) atoms. The summed E-state index contributed by atoms with van der Waals surface area (Å²) >= 11 is 1.20. The lowest BCUT2D eigenvalue weighted by molar-refractivity contribution is -0.113. The Morgan fingerprint density at radius 3 is 2.68 bits per heavy atom. The van der Waals surface area contributed by atoms with Crippen LogP contribution in [0.25, 0.3) is 11.3 Å². The number of thioether (sulfide) groups is 1. The number of amides is 1.